The molecular weight excluding hydrogens is 365 g/mol. The van der Waals surface area contributed by atoms with Crippen molar-refractivity contribution in [1.82, 2.24) is 10.0 Å². The van der Waals surface area contributed by atoms with Crippen molar-refractivity contribution >= 4 is 10.0 Å². The van der Waals surface area contributed by atoms with Crippen molar-refractivity contribution in [3.63, 3.8) is 0 Å². The number of hydrogen-bond donors (Lipinski definition) is 2. The normalized spacial score (nSPS) is 17.7. The Morgan fingerprint density at radius 3 is 2.65 bits per heavy atom. The third-order valence-corrected chi connectivity index (χ3v) is 5.65. The van der Waals surface area contributed by atoms with Gasteiger partial charge in [-0.25, -0.2) is 13.1 Å². The summed E-state index contributed by atoms with van der Waals surface area (Å²) in [7, 11) is -3.76. The number of benzene rings is 2. The van der Waals surface area contributed by atoms with E-state index in [9.17, 15) is 21.6 Å². The van der Waals surface area contributed by atoms with Gasteiger partial charge >= 0.3 is 6.18 Å². The number of hydrogen-bond acceptors (Lipinski definition) is 3. The Labute approximate surface area is 150 Å². The molecule has 1 unspecified atom stereocenters. The number of fused-ring (bicyclic) bond motifs is 1. The third kappa shape index (κ3) is 4.63. The fraction of sp³-hybridized carbons (Fsp3) is 0.333. The highest BCUT2D eigenvalue weighted by molar-refractivity contribution is 7.88. The van der Waals surface area contributed by atoms with E-state index in [1.54, 1.807) is 0 Å². The number of sulfonamides is 1. The van der Waals surface area contributed by atoms with Crippen LogP contribution in [0.2, 0.25) is 0 Å². The Balaban J connectivity index is 1.67. The predicted octanol–water partition coefficient (Wildman–Crippen LogP) is 3.01. The second kappa shape index (κ2) is 7.38. The molecule has 2 N–H and O–H groups in total. The zero-order chi connectivity index (χ0) is 18.8. The van der Waals surface area contributed by atoms with Crippen LogP contribution in [0.4, 0.5) is 13.2 Å². The van der Waals surface area contributed by atoms with Gasteiger partial charge in [-0.1, -0.05) is 42.5 Å². The van der Waals surface area contributed by atoms with E-state index in [1.165, 1.54) is 17.7 Å². The van der Waals surface area contributed by atoms with E-state index >= 15 is 0 Å². The molecule has 3 rings (SSSR count). The highest BCUT2D eigenvalue weighted by Gasteiger charge is 2.30. The fourth-order valence-corrected chi connectivity index (χ4v) is 4.23. The summed E-state index contributed by atoms with van der Waals surface area (Å²) in [5.41, 5.74) is 1.46. The minimum Gasteiger partial charge on any atom is -0.308 e. The Bertz CT molecular complexity index is 882. The van der Waals surface area contributed by atoms with Crippen molar-refractivity contribution in [3.8, 4) is 0 Å². The monoisotopic (exact) mass is 384 g/mol. The molecule has 0 fully saturated rings. The quantitative estimate of drug-likeness (QED) is 0.833. The smallest absolute Gasteiger partial charge is 0.308 e. The van der Waals surface area contributed by atoms with Crippen molar-refractivity contribution in [2.45, 2.75) is 24.4 Å². The summed E-state index contributed by atoms with van der Waals surface area (Å²) in [5, 5.41) is 3.27. The van der Waals surface area contributed by atoms with Crippen molar-refractivity contribution in [3.05, 3.63) is 70.8 Å². The van der Waals surface area contributed by atoms with Gasteiger partial charge < -0.3 is 5.32 Å². The highest BCUT2D eigenvalue weighted by Crippen LogP contribution is 2.30. The van der Waals surface area contributed by atoms with Gasteiger partial charge in [-0.3, -0.25) is 0 Å². The van der Waals surface area contributed by atoms with Gasteiger partial charge in [0.25, 0.3) is 0 Å². The van der Waals surface area contributed by atoms with Crippen LogP contribution in [0.5, 0.6) is 0 Å². The molecule has 1 aliphatic heterocycles. The second-order valence-electron chi connectivity index (χ2n) is 6.26. The van der Waals surface area contributed by atoms with Crippen LogP contribution < -0.4 is 10.0 Å². The van der Waals surface area contributed by atoms with Gasteiger partial charge in [0.1, 0.15) is 0 Å². The molecule has 0 aromatic heterocycles. The average molecular weight is 384 g/mol. The van der Waals surface area contributed by atoms with E-state index in [4.69, 9.17) is 0 Å². The van der Waals surface area contributed by atoms with Gasteiger partial charge in [0.05, 0.1) is 11.3 Å². The van der Waals surface area contributed by atoms with Crippen LogP contribution in [0, 0.1) is 0 Å². The van der Waals surface area contributed by atoms with E-state index in [2.05, 4.69) is 10.0 Å². The molecule has 0 saturated carbocycles. The highest BCUT2D eigenvalue weighted by atomic mass is 32.2. The first kappa shape index (κ1) is 18.9. The molecule has 0 aliphatic carbocycles. The van der Waals surface area contributed by atoms with Gasteiger partial charge in [0.2, 0.25) is 10.0 Å². The Morgan fingerprint density at radius 2 is 1.88 bits per heavy atom. The van der Waals surface area contributed by atoms with Crippen LogP contribution in [0.15, 0.2) is 48.5 Å². The van der Waals surface area contributed by atoms with Gasteiger partial charge in [0.15, 0.2) is 0 Å². The maximum atomic E-state index is 12.8. The minimum atomic E-state index is -4.50. The molecule has 8 heteroatoms. The van der Waals surface area contributed by atoms with Gasteiger partial charge in [0, 0.05) is 12.6 Å². The molecule has 1 heterocycles. The lowest BCUT2D eigenvalue weighted by Crippen LogP contribution is -2.39. The average Bonchev–Trinajstić information content (AvgIpc) is 2.59. The molecule has 1 atom stereocenters. The first-order valence-electron chi connectivity index (χ1n) is 8.19. The van der Waals surface area contributed by atoms with E-state index in [0.717, 1.165) is 30.7 Å². The maximum Gasteiger partial charge on any atom is 0.416 e. The maximum absolute atomic E-state index is 12.8. The summed E-state index contributed by atoms with van der Waals surface area (Å²) >= 11 is 0. The molecule has 2 aromatic rings. The summed E-state index contributed by atoms with van der Waals surface area (Å²) < 4.78 is 65.4. The van der Waals surface area contributed by atoms with Crippen molar-refractivity contribution in [2.75, 3.05) is 13.1 Å². The molecule has 0 radical (unpaired) electrons. The van der Waals surface area contributed by atoms with Crippen LogP contribution in [0.1, 0.15) is 28.3 Å². The second-order valence-corrected chi connectivity index (χ2v) is 8.07. The molecule has 0 saturated heterocycles. The molecular formula is C18H19F3N2O2S. The lowest BCUT2D eigenvalue weighted by molar-refractivity contribution is -0.137. The molecule has 1 aliphatic rings. The molecule has 0 bridgehead atoms. The van der Waals surface area contributed by atoms with Gasteiger partial charge in [-0.2, -0.15) is 13.2 Å². The van der Waals surface area contributed by atoms with Crippen LogP contribution in [-0.2, 0) is 28.4 Å². The summed E-state index contributed by atoms with van der Waals surface area (Å²) in [6, 6.07) is 12.0. The number of nitrogens with one attached hydrogen (secondary N) is 2. The molecule has 140 valence electrons. The van der Waals surface area contributed by atoms with Crippen LogP contribution >= 0.6 is 0 Å². The summed E-state index contributed by atoms with van der Waals surface area (Å²) in [5.74, 6) is -0.495. The van der Waals surface area contributed by atoms with Crippen molar-refractivity contribution in [1.29, 1.82) is 0 Å². The summed E-state index contributed by atoms with van der Waals surface area (Å²) in [6.07, 6.45) is -3.62. The number of alkyl halides is 3. The molecule has 0 spiro atoms. The zero-order valence-corrected chi connectivity index (χ0v) is 14.7. The molecule has 0 amide bonds. The van der Waals surface area contributed by atoms with E-state index in [0.29, 0.717) is 0 Å². The first-order valence-corrected chi connectivity index (χ1v) is 9.84. The topological polar surface area (TPSA) is 58.2 Å². The lowest BCUT2D eigenvalue weighted by Gasteiger charge is -2.27. The molecule has 4 nitrogen and oxygen atoms in total. The Morgan fingerprint density at radius 1 is 1.12 bits per heavy atom. The third-order valence-electron chi connectivity index (χ3n) is 4.33. The lowest BCUT2D eigenvalue weighted by atomic mass is 9.95. The SMILES string of the molecule is O=S(=O)(Cc1cccc(C(F)(F)F)c1)NCC1NCCc2ccccc21. The van der Waals surface area contributed by atoms with Crippen LogP contribution in [-0.4, -0.2) is 21.5 Å². The Hall–Kier alpha value is -1.90. The van der Waals surface area contributed by atoms with Gasteiger partial charge in [-0.05, 0) is 35.7 Å². The van der Waals surface area contributed by atoms with Crippen LogP contribution in [0.3, 0.4) is 0 Å². The Kier molecular flexibility index (Phi) is 5.36. The van der Waals surface area contributed by atoms with Crippen LogP contribution in [0.25, 0.3) is 0 Å². The molecule has 2 aromatic carbocycles. The van der Waals surface area contributed by atoms with Crippen molar-refractivity contribution in [2.24, 2.45) is 0 Å². The zero-order valence-electron chi connectivity index (χ0n) is 13.9. The minimum absolute atomic E-state index is 0.101. The van der Waals surface area contributed by atoms with E-state index in [-0.39, 0.29) is 18.2 Å². The van der Waals surface area contributed by atoms with Gasteiger partial charge in [-0.15, -0.1) is 0 Å². The predicted molar refractivity (Wildman–Crippen MR) is 93.0 cm³/mol. The largest absolute Gasteiger partial charge is 0.416 e. The summed E-state index contributed by atoms with van der Waals surface area (Å²) in [6.45, 7) is 0.898. The summed E-state index contributed by atoms with van der Waals surface area (Å²) in [4.78, 5) is 0. The fourth-order valence-electron chi connectivity index (χ4n) is 3.09. The molecule has 26 heavy (non-hydrogen) atoms. The number of halogens is 3. The standard InChI is InChI=1S/C18H19F3N2O2S/c19-18(20,21)15-6-3-4-13(10-15)12-26(24,25)23-11-17-16-7-2-1-5-14(16)8-9-22-17/h1-7,10,17,22-23H,8-9,11-12H2. The first-order chi connectivity index (χ1) is 12.2. The van der Waals surface area contributed by atoms with Crippen molar-refractivity contribution < 1.29 is 21.6 Å². The van der Waals surface area contributed by atoms with E-state index in [1.807, 2.05) is 24.3 Å². The van der Waals surface area contributed by atoms with E-state index < -0.39 is 27.5 Å². The number of rotatable bonds is 5.